The van der Waals surface area contributed by atoms with Crippen LogP contribution in [0.4, 0.5) is 10.5 Å². The molecule has 194 valence electrons. The molecule has 2 N–H and O–H groups in total. The van der Waals surface area contributed by atoms with Crippen molar-refractivity contribution in [2.45, 2.75) is 6.92 Å². The molecule has 1 aliphatic rings. The second-order valence-electron chi connectivity index (χ2n) is 7.99. The van der Waals surface area contributed by atoms with Gasteiger partial charge in [-0.1, -0.05) is 23.7 Å². The maximum absolute atomic E-state index is 12.8. The number of amides is 3. The maximum atomic E-state index is 12.8. The molecular weight excluding hydrogens is 536 g/mol. The van der Waals surface area contributed by atoms with Gasteiger partial charge in [0.2, 0.25) is 5.91 Å². The first kappa shape index (κ1) is 26.7. The maximum Gasteiger partial charge on any atom is 0.339 e. The number of methoxy groups -OCH3 is 1. The van der Waals surface area contributed by atoms with Crippen LogP contribution in [0.5, 0.6) is 0 Å². The Bertz CT molecular complexity index is 1530. The number of imide groups is 1. The molecule has 1 fully saturated rings. The normalized spacial score (nSPS) is 14.2. The number of carboxylic acid groups (broad SMARTS) is 1. The third-order valence-electron chi connectivity index (χ3n) is 5.56. The van der Waals surface area contributed by atoms with Crippen molar-refractivity contribution in [2.75, 3.05) is 19.0 Å². The van der Waals surface area contributed by atoms with Gasteiger partial charge in [-0.3, -0.25) is 19.3 Å². The van der Waals surface area contributed by atoms with E-state index in [1.165, 1.54) is 37.5 Å². The molecular formula is C26H19ClN2O8S. The number of anilines is 1. The summed E-state index contributed by atoms with van der Waals surface area (Å²) in [5, 5.41) is 11.4. The number of aromatic carboxylic acids is 1. The summed E-state index contributed by atoms with van der Waals surface area (Å²) < 4.78 is 10.4. The van der Waals surface area contributed by atoms with E-state index in [4.69, 9.17) is 16.0 Å². The number of carbonyl (C=O) groups is 5. The van der Waals surface area contributed by atoms with Gasteiger partial charge in [-0.15, -0.1) is 0 Å². The number of furan rings is 1. The van der Waals surface area contributed by atoms with Gasteiger partial charge < -0.3 is 19.6 Å². The van der Waals surface area contributed by atoms with Crippen molar-refractivity contribution in [3.05, 3.63) is 80.9 Å². The molecule has 1 saturated heterocycles. The zero-order chi connectivity index (χ0) is 27.6. The van der Waals surface area contributed by atoms with Crippen molar-refractivity contribution in [3.63, 3.8) is 0 Å². The number of hydrogen-bond acceptors (Lipinski definition) is 8. The van der Waals surface area contributed by atoms with E-state index in [1.54, 1.807) is 31.2 Å². The lowest BCUT2D eigenvalue weighted by Crippen LogP contribution is -2.36. The monoisotopic (exact) mass is 554 g/mol. The molecule has 12 heteroatoms. The summed E-state index contributed by atoms with van der Waals surface area (Å²) in [6, 6.07) is 12.2. The summed E-state index contributed by atoms with van der Waals surface area (Å²) in [5.74, 6) is -2.43. The van der Waals surface area contributed by atoms with E-state index in [-0.39, 0.29) is 32.5 Å². The fraction of sp³-hybridized carbons (Fsp3) is 0.115. The number of carboxylic acids is 1. The molecule has 0 aliphatic carbocycles. The highest BCUT2D eigenvalue weighted by molar-refractivity contribution is 8.18. The molecule has 0 saturated carbocycles. The van der Waals surface area contributed by atoms with Crippen molar-refractivity contribution in [1.29, 1.82) is 0 Å². The molecule has 38 heavy (non-hydrogen) atoms. The topological polar surface area (TPSA) is 143 Å². The van der Waals surface area contributed by atoms with E-state index in [1.807, 2.05) is 0 Å². The van der Waals surface area contributed by atoms with E-state index >= 15 is 0 Å². The minimum absolute atomic E-state index is 0.0452. The van der Waals surface area contributed by atoms with Crippen molar-refractivity contribution in [3.8, 4) is 11.3 Å². The second-order valence-corrected chi connectivity index (χ2v) is 9.39. The molecule has 0 unspecified atom stereocenters. The highest BCUT2D eigenvalue weighted by Crippen LogP contribution is 2.34. The Kier molecular flexibility index (Phi) is 7.70. The number of hydrogen-bond donors (Lipinski definition) is 2. The minimum Gasteiger partial charge on any atom is -0.478 e. The first-order valence-electron chi connectivity index (χ1n) is 10.9. The lowest BCUT2D eigenvalue weighted by Gasteiger charge is -2.13. The molecule has 1 aromatic heterocycles. The van der Waals surface area contributed by atoms with E-state index in [9.17, 15) is 29.1 Å². The fourth-order valence-electron chi connectivity index (χ4n) is 3.69. The van der Waals surface area contributed by atoms with E-state index < -0.39 is 35.5 Å². The van der Waals surface area contributed by atoms with E-state index in [2.05, 4.69) is 10.1 Å². The number of thioether (sulfide) groups is 1. The van der Waals surface area contributed by atoms with E-state index in [0.29, 0.717) is 28.6 Å². The third kappa shape index (κ3) is 5.48. The number of nitrogens with one attached hydrogen (secondary N) is 1. The number of rotatable bonds is 7. The van der Waals surface area contributed by atoms with Crippen molar-refractivity contribution in [1.82, 2.24) is 4.90 Å². The Balaban J connectivity index is 1.47. The molecule has 0 radical (unpaired) electrons. The SMILES string of the molecule is COC(=O)c1cc(NC(=O)CN2C(=O)S/C(=C/c3ccc(-c4cccc(C(=O)O)c4C)o3)C2=O)ccc1Cl. The van der Waals surface area contributed by atoms with Crippen LogP contribution in [0, 0.1) is 6.92 Å². The summed E-state index contributed by atoms with van der Waals surface area (Å²) in [7, 11) is 1.19. The highest BCUT2D eigenvalue weighted by Gasteiger charge is 2.36. The summed E-state index contributed by atoms with van der Waals surface area (Å²) in [6.45, 7) is 1.11. The van der Waals surface area contributed by atoms with Crippen LogP contribution >= 0.6 is 23.4 Å². The van der Waals surface area contributed by atoms with Gasteiger partial charge >= 0.3 is 11.9 Å². The third-order valence-corrected chi connectivity index (χ3v) is 6.80. The quantitative estimate of drug-likeness (QED) is 0.302. The lowest BCUT2D eigenvalue weighted by atomic mass is 10.0. The van der Waals surface area contributed by atoms with Gasteiger partial charge in [0.15, 0.2) is 0 Å². The molecule has 4 rings (SSSR count). The van der Waals surface area contributed by atoms with Gasteiger partial charge in [-0.25, -0.2) is 9.59 Å². The predicted molar refractivity (Wildman–Crippen MR) is 140 cm³/mol. The average Bonchev–Trinajstić information content (AvgIpc) is 3.44. The first-order chi connectivity index (χ1) is 18.1. The number of nitrogens with zero attached hydrogens (tertiary/aromatic N) is 1. The van der Waals surface area contributed by atoms with Crippen LogP contribution in [0.2, 0.25) is 5.02 Å². The second kappa shape index (κ2) is 11.0. The summed E-state index contributed by atoms with van der Waals surface area (Å²) >= 11 is 6.63. The largest absolute Gasteiger partial charge is 0.478 e. The van der Waals surface area contributed by atoms with Crippen LogP contribution in [0.25, 0.3) is 17.4 Å². The molecule has 1 aliphatic heterocycles. The minimum atomic E-state index is -1.06. The van der Waals surface area contributed by atoms with Crippen LogP contribution in [-0.4, -0.2) is 52.7 Å². The molecule has 3 aromatic rings. The van der Waals surface area contributed by atoms with Crippen LogP contribution in [0.15, 0.2) is 57.9 Å². The summed E-state index contributed by atoms with van der Waals surface area (Å²) in [5.41, 5.74) is 1.51. The van der Waals surface area contributed by atoms with Crippen LogP contribution in [0.1, 0.15) is 32.0 Å². The zero-order valence-electron chi connectivity index (χ0n) is 19.9. The molecule has 0 spiro atoms. The number of halogens is 1. The van der Waals surface area contributed by atoms with Gasteiger partial charge in [0.1, 0.15) is 18.1 Å². The van der Waals surface area contributed by atoms with Gasteiger partial charge in [-0.05, 0) is 60.6 Å². The van der Waals surface area contributed by atoms with Crippen LogP contribution in [-0.2, 0) is 14.3 Å². The van der Waals surface area contributed by atoms with Gasteiger partial charge in [0, 0.05) is 17.3 Å². The van der Waals surface area contributed by atoms with Crippen LogP contribution in [0.3, 0.4) is 0 Å². The Morgan fingerprint density at radius 1 is 1.13 bits per heavy atom. The number of ether oxygens (including phenoxy) is 1. The predicted octanol–water partition coefficient (Wildman–Crippen LogP) is 5.07. The lowest BCUT2D eigenvalue weighted by molar-refractivity contribution is -0.127. The van der Waals surface area contributed by atoms with Crippen molar-refractivity contribution >= 4 is 64.1 Å². The molecule has 2 aromatic carbocycles. The highest BCUT2D eigenvalue weighted by atomic mass is 35.5. The van der Waals surface area contributed by atoms with Gasteiger partial charge in [-0.2, -0.15) is 0 Å². The standard InChI is InChI=1S/C26H19ClN2O8S/c1-13-16(4-3-5-17(13)24(32)33)20-9-7-15(37-20)11-21-23(31)29(26(35)38-21)12-22(30)28-14-6-8-19(27)18(10-14)25(34)36-2/h3-11H,12H2,1-2H3,(H,28,30)(H,32,33)/b21-11+. The summed E-state index contributed by atoms with van der Waals surface area (Å²) in [4.78, 5) is 61.9. The van der Waals surface area contributed by atoms with Crippen LogP contribution < -0.4 is 5.32 Å². The summed E-state index contributed by atoms with van der Waals surface area (Å²) in [6.07, 6.45) is 1.38. The zero-order valence-corrected chi connectivity index (χ0v) is 21.5. The van der Waals surface area contributed by atoms with E-state index in [0.717, 1.165) is 4.90 Å². The average molecular weight is 555 g/mol. The van der Waals surface area contributed by atoms with Crippen molar-refractivity contribution < 1.29 is 38.2 Å². The van der Waals surface area contributed by atoms with Gasteiger partial charge in [0.05, 0.1) is 28.2 Å². The molecule has 0 bridgehead atoms. The molecule has 3 amide bonds. The van der Waals surface area contributed by atoms with Crippen molar-refractivity contribution in [2.24, 2.45) is 0 Å². The number of benzene rings is 2. The number of esters is 1. The Hall–Kier alpha value is -4.35. The molecule has 0 atom stereocenters. The molecule has 2 heterocycles. The van der Waals surface area contributed by atoms with Gasteiger partial charge in [0.25, 0.3) is 11.1 Å². The Morgan fingerprint density at radius 3 is 2.61 bits per heavy atom. The Morgan fingerprint density at radius 2 is 1.89 bits per heavy atom. The fourth-order valence-corrected chi connectivity index (χ4v) is 4.70. The molecule has 10 nitrogen and oxygen atoms in total. The Labute approximate surface area is 225 Å². The number of carbonyl (C=O) groups excluding carboxylic acids is 4. The smallest absolute Gasteiger partial charge is 0.339 e. The first-order valence-corrected chi connectivity index (χ1v) is 12.1.